The summed E-state index contributed by atoms with van der Waals surface area (Å²) in [4.78, 5) is 2.36. The molecule has 0 aliphatic heterocycles. The molecule has 1 aromatic rings. The molecule has 1 aromatic heterocycles. The minimum Gasteiger partial charge on any atom is -0.311 e. The smallest absolute Gasteiger partial charge is 0.0694 e. The summed E-state index contributed by atoms with van der Waals surface area (Å²) in [7, 11) is 6.38. The standard InChI is InChI=1S/C17H34N4/c1-8-14(9-2)16(20(5)6)11-18-10-15-12-21(7)19-17(15)13(3)4/h12-14,16,18H,8-11H2,1-7H3. The average molecular weight is 294 g/mol. The first-order valence-corrected chi connectivity index (χ1v) is 8.30. The lowest BCUT2D eigenvalue weighted by atomic mass is 9.93. The Morgan fingerprint density at radius 3 is 2.33 bits per heavy atom. The number of rotatable bonds is 9. The van der Waals surface area contributed by atoms with Crippen LogP contribution < -0.4 is 5.32 Å². The van der Waals surface area contributed by atoms with Gasteiger partial charge in [0, 0.05) is 37.9 Å². The number of nitrogens with one attached hydrogen (secondary N) is 1. The summed E-state index contributed by atoms with van der Waals surface area (Å²) in [6.07, 6.45) is 4.63. The van der Waals surface area contributed by atoms with Crippen molar-refractivity contribution in [1.82, 2.24) is 20.0 Å². The van der Waals surface area contributed by atoms with E-state index < -0.39 is 0 Å². The van der Waals surface area contributed by atoms with E-state index in [-0.39, 0.29) is 0 Å². The van der Waals surface area contributed by atoms with Crippen molar-refractivity contribution < 1.29 is 0 Å². The summed E-state index contributed by atoms with van der Waals surface area (Å²) in [5.41, 5.74) is 2.54. The van der Waals surface area contributed by atoms with Crippen molar-refractivity contribution in [1.29, 1.82) is 0 Å². The summed E-state index contributed by atoms with van der Waals surface area (Å²) in [5.74, 6) is 1.23. The van der Waals surface area contributed by atoms with Crippen LogP contribution in [0.3, 0.4) is 0 Å². The van der Waals surface area contributed by atoms with Crippen molar-refractivity contribution in [2.24, 2.45) is 13.0 Å². The molecule has 0 radical (unpaired) electrons. The molecule has 1 rings (SSSR count). The first kappa shape index (κ1) is 18.2. The van der Waals surface area contributed by atoms with Gasteiger partial charge in [-0.3, -0.25) is 4.68 Å². The van der Waals surface area contributed by atoms with Gasteiger partial charge in [0.1, 0.15) is 0 Å². The van der Waals surface area contributed by atoms with Crippen LogP contribution in [0.25, 0.3) is 0 Å². The zero-order valence-corrected chi connectivity index (χ0v) is 15.0. The monoisotopic (exact) mass is 294 g/mol. The third kappa shape index (κ3) is 5.11. The fraction of sp³-hybridized carbons (Fsp3) is 0.824. The highest BCUT2D eigenvalue weighted by atomic mass is 15.3. The molecular weight excluding hydrogens is 260 g/mol. The van der Waals surface area contributed by atoms with E-state index in [1.807, 2.05) is 11.7 Å². The number of hydrogen-bond acceptors (Lipinski definition) is 3. The molecule has 0 aromatic carbocycles. The zero-order chi connectivity index (χ0) is 16.0. The van der Waals surface area contributed by atoms with Crippen LogP contribution in [0.1, 0.15) is 57.7 Å². The van der Waals surface area contributed by atoms with Crippen molar-refractivity contribution >= 4 is 0 Å². The lowest BCUT2D eigenvalue weighted by Crippen LogP contribution is -2.42. The number of aromatic nitrogens is 2. The van der Waals surface area contributed by atoms with Gasteiger partial charge in [-0.1, -0.05) is 40.5 Å². The van der Waals surface area contributed by atoms with E-state index in [0.717, 1.165) is 19.0 Å². The number of likely N-dealkylation sites (N-methyl/N-ethyl adjacent to an activating group) is 1. The van der Waals surface area contributed by atoms with Crippen molar-refractivity contribution in [3.8, 4) is 0 Å². The second-order valence-corrected chi connectivity index (χ2v) is 6.61. The summed E-state index contributed by atoms with van der Waals surface area (Å²) in [6.45, 7) is 10.9. The Morgan fingerprint density at radius 2 is 1.86 bits per heavy atom. The summed E-state index contributed by atoms with van der Waals surface area (Å²) in [6, 6.07) is 0.596. The predicted octanol–water partition coefficient (Wildman–Crippen LogP) is 3.00. The largest absolute Gasteiger partial charge is 0.311 e. The molecule has 122 valence electrons. The SMILES string of the molecule is CCC(CC)C(CNCc1cn(C)nc1C(C)C)N(C)C. The highest BCUT2D eigenvalue weighted by Crippen LogP contribution is 2.18. The Morgan fingerprint density at radius 1 is 1.24 bits per heavy atom. The van der Waals surface area contributed by atoms with Gasteiger partial charge in [-0.2, -0.15) is 5.10 Å². The van der Waals surface area contributed by atoms with E-state index in [0.29, 0.717) is 12.0 Å². The fourth-order valence-corrected chi connectivity index (χ4v) is 3.14. The summed E-state index contributed by atoms with van der Waals surface area (Å²) >= 11 is 0. The maximum atomic E-state index is 4.58. The minimum atomic E-state index is 0.478. The van der Waals surface area contributed by atoms with Gasteiger partial charge in [-0.15, -0.1) is 0 Å². The maximum absolute atomic E-state index is 4.58. The van der Waals surface area contributed by atoms with Crippen molar-refractivity contribution in [2.45, 2.75) is 59.0 Å². The Balaban J connectivity index is 2.62. The second-order valence-electron chi connectivity index (χ2n) is 6.61. The molecule has 0 saturated carbocycles. The second kappa shape index (κ2) is 8.54. The van der Waals surface area contributed by atoms with Crippen LogP contribution in [0, 0.1) is 5.92 Å². The van der Waals surface area contributed by atoms with Gasteiger partial charge in [-0.25, -0.2) is 0 Å². The Labute approximate surface area is 130 Å². The van der Waals surface area contributed by atoms with E-state index >= 15 is 0 Å². The van der Waals surface area contributed by atoms with Gasteiger partial charge >= 0.3 is 0 Å². The third-order valence-electron chi connectivity index (χ3n) is 4.41. The van der Waals surface area contributed by atoms with Crippen molar-refractivity contribution in [2.75, 3.05) is 20.6 Å². The van der Waals surface area contributed by atoms with Crippen molar-refractivity contribution in [3.63, 3.8) is 0 Å². The molecule has 0 spiro atoms. The van der Waals surface area contributed by atoms with Gasteiger partial charge < -0.3 is 10.2 Å². The van der Waals surface area contributed by atoms with E-state index in [4.69, 9.17) is 0 Å². The quantitative estimate of drug-likeness (QED) is 0.760. The van der Waals surface area contributed by atoms with Gasteiger partial charge in [0.05, 0.1) is 5.69 Å². The molecule has 0 aliphatic carbocycles. The van der Waals surface area contributed by atoms with Crippen LogP contribution in [-0.2, 0) is 13.6 Å². The molecule has 1 N–H and O–H groups in total. The minimum absolute atomic E-state index is 0.478. The lowest BCUT2D eigenvalue weighted by Gasteiger charge is -2.31. The number of aryl methyl sites for hydroxylation is 1. The van der Waals surface area contributed by atoms with Crippen LogP contribution in [0.15, 0.2) is 6.20 Å². The molecule has 1 atom stereocenters. The van der Waals surface area contributed by atoms with Crippen molar-refractivity contribution in [3.05, 3.63) is 17.5 Å². The molecule has 1 heterocycles. The van der Waals surface area contributed by atoms with Crippen LogP contribution in [0.4, 0.5) is 0 Å². The molecule has 1 unspecified atom stereocenters. The molecule has 0 aliphatic rings. The highest BCUT2D eigenvalue weighted by molar-refractivity contribution is 5.19. The predicted molar refractivity (Wildman–Crippen MR) is 90.6 cm³/mol. The van der Waals surface area contributed by atoms with Gasteiger partial charge in [0.15, 0.2) is 0 Å². The average Bonchev–Trinajstić information content (AvgIpc) is 2.79. The first-order chi connectivity index (χ1) is 9.90. The van der Waals surface area contributed by atoms with E-state index in [1.54, 1.807) is 0 Å². The molecule has 21 heavy (non-hydrogen) atoms. The molecule has 0 saturated heterocycles. The fourth-order valence-electron chi connectivity index (χ4n) is 3.14. The Kier molecular flexibility index (Phi) is 7.40. The Hall–Kier alpha value is -0.870. The van der Waals surface area contributed by atoms with Crippen LogP contribution in [-0.4, -0.2) is 41.4 Å². The normalized spacial score (nSPS) is 13.6. The highest BCUT2D eigenvalue weighted by Gasteiger charge is 2.20. The number of nitrogens with zero attached hydrogens (tertiary/aromatic N) is 3. The zero-order valence-electron chi connectivity index (χ0n) is 15.0. The molecular formula is C17H34N4. The molecule has 4 nitrogen and oxygen atoms in total. The molecule has 4 heteroatoms. The van der Waals surface area contributed by atoms with Gasteiger partial charge in [0.25, 0.3) is 0 Å². The van der Waals surface area contributed by atoms with E-state index in [1.165, 1.54) is 24.1 Å². The van der Waals surface area contributed by atoms with E-state index in [9.17, 15) is 0 Å². The molecule has 0 fully saturated rings. The Bertz CT molecular complexity index is 405. The number of hydrogen-bond donors (Lipinski definition) is 1. The summed E-state index contributed by atoms with van der Waals surface area (Å²) in [5, 5.41) is 8.22. The van der Waals surface area contributed by atoms with Crippen LogP contribution in [0.2, 0.25) is 0 Å². The molecule has 0 bridgehead atoms. The third-order valence-corrected chi connectivity index (χ3v) is 4.41. The van der Waals surface area contributed by atoms with Crippen LogP contribution >= 0.6 is 0 Å². The maximum Gasteiger partial charge on any atom is 0.0694 e. The first-order valence-electron chi connectivity index (χ1n) is 8.30. The van der Waals surface area contributed by atoms with Gasteiger partial charge in [0.2, 0.25) is 0 Å². The topological polar surface area (TPSA) is 33.1 Å². The lowest BCUT2D eigenvalue weighted by molar-refractivity contribution is 0.194. The molecule has 0 amide bonds. The van der Waals surface area contributed by atoms with Crippen LogP contribution in [0.5, 0.6) is 0 Å². The summed E-state index contributed by atoms with van der Waals surface area (Å²) < 4.78 is 1.93. The van der Waals surface area contributed by atoms with E-state index in [2.05, 4.69) is 63.3 Å². The van der Waals surface area contributed by atoms with Gasteiger partial charge in [-0.05, 0) is 25.9 Å².